The molecule has 8 heteroatoms. The highest BCUT2D eigenvalue weighted by Crippen LogP contribution is 2.18. The molecule has 0 amide bonds. The fourth-order valence-corrected chi connectivity index (χ4v) is 2.48. The van der Waals surface area contributed by atoms with Crippen LogP contribution in [0.5, 0.6) is 0 Å². The van der Waals surface area contributed by atoms with Crippen LogP contribution in [0.1, 0.15) is 13.3 Å². The molecule has 0 radical (unpaired) electrons. The van der Waals surface area contributed by atoms with Gasteiger partial charge in [-0.25, -0.2) is 8.78 Å². The van der Waals surface area contributed by atoms with E-state index in [4.69, 9.17) is 0 Å². The molecule has 20 heavy (non-hydrogen) atoms. The summed E-state index contributed by atoms with van der Waals surface area (Å²) in [5, 5.41) is 3.07. The fourth-order valence-electron chi connectivity index (χ4n) is 1.52. The maximum absolute atomic E-state index is 13.4. The van der Waals surface area contributed by atoms with Crippen LogP contribution in [0.25, 0.3) is 0 Å². The molecule has 0 unspecified atom stereocenters. The zero-order chi connectivity index (χ0) is 15.2. The van der Waals surface area contributed by atoms with E-state index in [1.165, 1.54) is 19.2 Å². The lowest BCUT2D eigenvalue weighted by atomic mass is 10.3. The van der Waals surface area contributed by atoms with E-state index in [1.54, 1.807) is 0 Å². The van der Waals surface area contributed by atoms with Crippen LogP contribution in [0.4, 0.5) is 14.5 Å². The molecule has 0 bridgehead atoms. The first kappa shape index (κ1) is 16.8. The van der Waals surface area contributed by atoms with Gasteiger partial charge in [0.15, 0.2) is 11.6 Å². The Hall–Kier alpha value is -1.25. The minimum atomic E-state index is -3.89. The maximum Gasteiger partial charge on any atom is 0.301 e. The van der Waals surface area contributed by atoms with Gasteiger partial charge >= 0.3 is 10.2 Å². The van der Waals surface area contributed by atoms with Crippen LogP contribution in [-0.4, -0.2) is 39.4 Å². The molecule has 0 saturated carbocycles. The number of halogens is 2. The van der Waals surface area contributed by atoms with Crippen molar-refractivity contribution in [2.24, 2.45) is 0 Å². The Morgan fingerprint density at radius 1 is 1.30 bits per heavy atom. The lowest BCUT2D eigenvalue weighted by molar-refractivity contribution is 0.459. The molecule has 1 aromatic carbocycles. The van der Waals surface area contributed by atoms with Crippen LogP contribution in [0.15, 0.2) is 18.2 Å². The third-order valence-corrected chi connectivity index (χ3v) is 4.16. The Morgan fingerprint density at radius 3 is 2.65 bits per heavy atom. The van der Waals surface area contributed by atoms with Crippen LogP contribution in [0.3, 0.4) is 0 Å². The molecule has 114 valence electrons. The summed E-state index contributed by atoms with van der Waals surface area (Å²) in [6.07, 6.45) is 0.622. The Kier molecular flexibility index (Phi) is 6.31. The van der Waals surface area contributed by atoms with E-state index >= 15 is 0 Å². The first-order chi connectivity index (χ1) is 9.38. The van der Waals surface area contributed by atoms with Gasteiger partial charge in [0.05, 0.1) is 5.69 Å². The first-order valence-corrected chi connectivity index (χ1v) is 7.71. The highest BCUT2D eigenvalue weighted by Gasteiger charge is 2.19. The number of rotatable bonds is 8. The van der Waals surface area contributed by atoms with Crippen molar-refractivity contribution in [3.8, 4) is 0 Å². The smallest absolute Gasteiger partial charge is 0.301 e. The number of anilines is 1. The summed E-state index contributed by atoms with van der Waals surface area (Å²) >= 11 is 0. The summed E-state index contributed by atoms with van der Waals surface area (Å²) in [5.74, 6) is -2.31. The quantitative estimate of drug-likeness (QED) is 0.716. The van der Waals surface area contributed by atoms with E-state index in [2.05, 4.69) is 5.32 Å². The van der Waals surface area contributed by atoms with E-state index < -0.39 is 27.5 Å². The molecule has 1 aromatic rings. The van der Waals surface area contributed by atoms with Crippen molar-refractivity contribution in [3.05, 3.63) is 29.8 Å². The first-order valence-electron chi connectivity index (χ1n) is 6.27. The van der Waals surface area contributed by atoms with Crippen molar-refractivity contribution in [1.82, 2.24) is 9.62 Å². The summed E-state index contributed by atoms with van der Waals surface area (Å²) < 4.78 is 53.4. The second-order valence-electron chi connectivity index (χ2n) is 4.24. The van der Waals surface area contributed by atoms with Crippen molar-refractivity contribution in [2.75, 3.05) is 31.4 Å². The largest absolute Gasteiger partial charge is 0.317 e. The highest BCUT2D eigenvalue weighted by atomic mass is 32.2. The summed E-state index contributed by atoms with van der Waals surface area (Å²) in [7, 11) is -2.51. The third-order valence-electron chi connectivity index (χ3n) is 2.68. The minimum Gasteiger partial charge on any atom is -0.317 e. The summed E-state index contributed by atoms with van der Waals surface area (Å²) in [6, 6.07) is 3.33. The molecule has 0 fully saturated rings. The second kappa shape index (κ2) is 7.51. The van der Waals surface area contributed by atoms with Gasteiger partial charge in [-0.2, -0.15) is 12.7 Å². The van der Waals surface area contributed by atoms with Gasteiger partial charge < -0.3 is 5.32 Å². The molecule has 0 spiro atoms. The number of nitrogens with zero attached hydrogens (tertiary/aromatic N) is 1. The Labute approximate surface area is 118 Å². The van der Waals surface area contributed by atoms with Gasteiger partial charge in [0.25, 0.3) is 0 Å². The second-order valence-corrected chi connectivity index (χ2v) is 6.01. The van der Waals surface area contributed by atoms with Gasteiger partial charge in [-0.3, -0.25) is 4.72 Å². The molecule has 2 N–H and O–H groups in total. The van der Waals surface area contributed by atoms with E-state index in [0.29, 0.717) is 13.0 Å². The van der Waals surface area contributed by atoms with Gasteiger partial charge in [-0.05, 0) is 31.6 Å². The van der Waals surface area contributed by atoms with Crippen molar-refractivity contribution in [3.63, 3.8) is 0 Å². The van der Waals surface area contributed by atoms with E-state index in [0.717, 1.165) is 16.9 Å². The molecule has 0 heterocycles. The molecule has 0 aromatic heterocycles. The normalized spacial score (nSPS) is 11.8. The zero-order valence-corrected chi connectivity index (χ0v) is 12.3. The summed E-state index contributed by atoms with van der Waals surface area (Å²) in [6.45, 7) is 3.72. The van der Waals surface area contributed by atoms with Crippen LogP contribution < -0.4 is 10.0 Å². The van der Waals surface area contributed by atoms with Crippen molar-refractivity contribution >= 4 is 15.9 Å². The minimum absolute atomic E-state index is 0.277. The molecular weight excluding hydrogens is 288 g/mol. The topological polar surface area (TPSA) is 61.4 Å². The lowest BCUT2D eigenvalue weighted by Gasteiger charge is -2.18. The van der Waals surface area contributed by atoms with Gasteiger partial charge in [-0.15, -0.1) is 0 Å². The molecule has 0 aliphatic heterocycles. The molecule has 0 aliphatic rings. The lowest BCUT2D eigenvalue weighted by Crippen LogP contribution is -2.34. The van der Waals surface area contributed by atoms with Crippen LogP contribution in [-0.2, 0) is 10.2 Å². The molecular formula is C12H19F2N3O2S. The van der Waals surface area contributed by atoms with E-state index in [-0.39, 0.29) is 6.54 Å². The van der Waals surface area contributed by atoms with Crippen molar-refractivity contribution in [2.45, 2.75) is 13.3 Å². The van der Waals surface area contributed by atoms with Gasteiger partial charge in [-0.1, -0.05) is 13.0 Å². The molecule has 1 rings (SSSR count). The third kappa shape index (κ3) is 4.69. The Balaban J connectivity index is 2.67. The van der Waals surface area contributed by atoms with Gasteiger partial charge in [0, 0.05) is 13.6 Å². The zero-order valence-electron chi connectivity index (χ0n) is 11.5. The predicted molar refractivity (Wildman–Crippen MR) is 74.7 cm³/mol. The fraction of sp³-hybridized carbons (Fsp3) is 0.500. The van der Waals surface area contributed by atoms with Crippen LogP contribution in [0, 0.1) is 11.6 Å². The molecule has 0 saturated heterocycles. The Morgan fingerprint density at radius 2 is 2.00 bits per heavy atom. The average molecular weight is 307 g/mol. The Bertz CT molecular complexity index is 538. The number of hydrogen-bond acceptors (Lipinski definition) is 3. The average Bonchev–Trinajstić information content (AvgIpc) is 2.39. The SMILES string of the molecule is CCNCCCN(C)S(=O)(=O)Nc1cccc(F)c1F. The van der Waals surface area contributed by atoms with Crippen LogP contribution in [0.2, 0.25) is 0 Å². The van der Waals surface area contributed by atoms with Crippen molar-refractivity contribution < 1.29 is 17.2 Å². The standard InChI is InChI=1S/C12H19F2N3O2S/c1-3-15-8-5-9-17(2)20(18,19)16-11-7-4-6-10(13)12(11)14/h4,6-7,15-16H,3,5,8-9H2,1-2H3. The molecule has 0 aliphatic carbocycles. The molecule has 0 atom stereocenters. The monoisotopic (exact) mass is 307 g/mol. The predicted octanol–water partition coefficient (Wildman–Crippen LogP) is 1.55. The number of hydrogen-bond donors (Lipinski definition) is 2. The summed E-state index contributed by atoms with van der Waals surface area (Å²) in [5.41, 5.74) is -0.400. The highest BCUT2D eigenvalue weighted by molar-refractivity contribution is 7.90. The summed E-state index contributed by atoms with van der Waals surface area (Å²) in [4.78, 5) is 0. The van der Waals surface area contributed by atoms with E-state index in [1.807, 2.05) is 11.6 Å². The maximum atomic E-state index is 13.4. The number of nitrogens with one attached hydrogen (secondary N) is 2. The number of benzene rings is 1. The molecule has 5 nitrogen and oxygen atoms in total. The van der Waals surface area contributed by atoms with Gasteiger partial charge in [0.2, 0.25) is 0 Å². The van der Waals surface area contributed by atoms with Crippen molar-refractivity contribution in [1.29, 1.82) is 0 Å². The van der Waals surface area contributed by atoms with Gasteiger partial charge in [0.1, 0.15) is 0 Å². The van der Waals surface area contributed by atoms with Crippen LogP contribution >= 0.6 is 0 Å². The van der Waals surface area contributed by atoms with E-state index in [9.17, 15) is 17.2 Å².